The van der Waals surface area contributed by atoms with Gasteiger partial charge >= 0.3 is 5.97 Å². The van der Waals surface area contributed by atoms with Crippen LogP contribution in [-0.4, -0.2) is 41.8 Å². The number of amides is 2. The van der Waals surface area contributed by atoms with Crippen molar-refractivity contribution in [3.05, 3.63) is 75.1 Å². The molecule has 0 aromatic heterocycles. The van der Waals surface area contributed by atoms with Crippen LogP contribution in [0.4, 0.5) is 4.79 Å². The standard InChI is InChI=1S/C27H24BrNO6S/c1-4-34-22-13-18(14-23-25(30)29(27(32)36-23)16(2)26(31)33-3)12-21(28)24(22)35-15-17-9-10-19-7-5-6-8-20(19)11-17/h5-14,16H,4,15H2,1-3H3/b23-14+/t16-/m0/s1. The quantitative estimate of drug-likeness (QED) is 0.236. The van der Waals surface area contributed by atoms with Crippen LogP contribution in [0.25, 0.3) is 16.8 Å². The number of halogens is 1. The Balaban J connectivity index is 1.58. The zero-order valence-electron chi connectivity index (χ0n) is 19.9. The molecule has 0 unspecified atom stereocenters. The minimum Gasteiger partial charge on any atom is -0.490 e. The summed E-state index contributed by atoms with van der Waals surface area (Å²) in [5.74, 6) is -0.169. The van der Waals surface area contributed by atoms with Crippen LogP contribution in [-0.2, 0) is 20.9 Å². The number of carbonyl (C=O) groups is 3. The van der Waals surface area contributed by atoms with Gasteiger partial charge in [0.2, 0.25) is 0 Å². The summed E-state index contributed by atoms with van der Waals surface area (Å²) in [7, 11) is 1.21. The predicted octanol–water partition coefficient (Wildman–Crippen LogP) is 6.18. The van der Waals surface area contributed by atoms with Gasteiger partial charge in [-0.1, -0.05) is 36.4 Å². The SMILES string of the molecule is CCOc1cc(/C=C2/SC(=O)N([C@@H](C)C(=O)OC)C2=O)cc(Br)c1OCc1ccc2ccccc2c1. The maximum absolute atomic E-state index is 12.8. The van der Waals surface area contributed by atoms with Crippen LogP contribution in [0.5, 0.6) is 11.5 Å². The lowest BCUT2D eigenvalue weighted by Crippen LogP contribution is -2.42. The van der Waals surface area contributed by atoms with Crippen LogP contribution in [0.1, 0.15) is 25.0 Å². The molecule has 36 heavy (non-hydrogen) atoms. The number of benzene rings is 3. The molecule has 0 N–H and O–H groups in total. The lowest BCUT2D eigenvalue weighted by Gasteiger charge is -2.18. The topological polar surface area (TPSA) is 82.1 Å². The zero-order chi connectivity index (χ0) is 25.8. The van der Waals surface area contributed by atoms with E-state index in [0.717, 1.165) is 33.0 Å². The molecule has 0 saturated carbocycles. The number of hydrogen-bond donors (Lipinski definition) is 0. The van der Waals surface area contributed by atoms with Gasteiger partial charge in [0.1, 0.15) is 12.6 Å². The van der Waals surface area contributed by atoms with Crippen molar-refractivity contribution < 1.29 is 28.6 Å². The highest BCUT2D eigenvalue weighted by atomic mass is 79.9. The van der Waals surface area contributed by atoms with E-state index in [4.69, 9.17) is 9.47 Å². The maximum atomic E-state index is 12.8. The number of thioether (sulfide) groups is 1. The van der Waals surface area contributed by atoms with Crippen molar-refractivity contribution in [3.8, 4) is 11.5 Å². The number of carbonyl (C=O) groups excluding carboxylic acids is 3. The Hall–Kier alpha value is -3.30. The third kappa shape index (κ3) is 5.42. The van der Waals surface area contributed by atoms with Gasteiger partial charge in [-0.15, -0.1) is 0 Å². The molecule has 7 nitrogen and oxygen atoms in total. The summed E-state index contributed by atoms with van der Waals surface area (Å²) in [6.07, 6.45) is 1.59. The van der Waals surface area contributed by atoms with E-state index in [1.165, 1.54) is 14.0 Å². The second kappa shape index (κ2) is 11.2. The molecular weight excluding hydrogens is 546 g/mol. The fourth-order valence-corrected chi connectivity index (χ4v) is 5.28. The smallest absolute Gasteiger partial charge is 0.328 e. The summed E-state index contributed by atoms with van der Waals surface area (Å²) in [5, 5.41) is 1.77. The molecule has 3 aromatic rings. The van der Waals surface area contributed by atoms with Crippen molar-refractivity contribution >= 4 is 61.7 Å². The number of esters is 1. The monoisotopic (exact) mass is 569 g/mol. The van der Waals surface area contributed by atoms with Crippen molar-refractivity contribution in [1.82, 2.24) is 4.90 Å². The first-order chi connectivity index (χ1) is 17.3. The van der Waals surface area contributed by atoms with Gasteiger partial charge in [-0.05, 0) is 87.7 Å². The summed E-state index contributed by atoms with van der Waals surface area (Å²) in [4.78, 5) is 38.2. The molecule has 0 spiro atoms. The first-order valence-corrected chi connectivity index (χ1v) is 12.8. The van der Waals surface area contributed by atoms with Gasteiger partial charge in [0.15, 0.2) is 11.5 Å². The Morgan fingerprint density at radius 2 is 1.83 bits per heavy atom. The van der Waals surface area contributed by atoms with Crippen molar-refractivity contribution in [2.45, 2.75) is 26.5 Å². The van der Waals surface area contributed by atoms with Crippen molar-refractivity contribution in [2.75, 3.05) is 13.7 Å². The van der Waals surface area contributed by atoms with E-state index in [9.17, 15) is 14.4 Å². The number of hydrogen-bond acceptors (Lipinski definition) is 7. The van der Waals surface area contributed by atoms with Gasteiger partial charge in [0.25, 0.3) is 11.1 Å². The van der Waals surface area contributed by atoms with Crippen LogP contribution in [0.15, 0.2) is 64.0 Å². The zero-order valence-corrected chi connectivity index (χ0v) is 22.4. The molecule has 1 heterocycles. The van der Waals surface area contributed by atoms with Crippen LogP contribution >= 0.6 is 27.7 Å². The number of nitrogens with zero attached hydrogens (tertiary/aromatic N) is 1. The Labute approximate surface area is 221 Å². The highest BCUT2D eigenvalue weighted by Gasteiger charge is 2.41. The highest BCUT2D eigenvalue weighted by Crippen LogP contribution is 2.40. The van der Waals surface area contributed by atoms with Gasteiger partial charge in [-0.3, -0.25) is 14.5 Å². The number of methoxy groups -OCH3 is 1. The number of ether oxygens (including phenoxy) is 3. The number of rotatable bonds is 8. The minimum atomic E-state index is -1.01. The van der Waals surface area contributed by atoms with Crippen LogP contribution in [0, 0.1) is 0 Å². The van der Waals surface area contributed by atoms with Crippen molar-refractivity contribution in [2.24, 2.45) is 0 Å². The molecule has 0 radical (unpaired) electrons. The largest absolute Gasteiger partial charge is 0.490 e. The average molecular weight is 570 g/mol. The molecule has 1 fully saturated rings. The second-order valence-corrected chi connectivity index (χ2v) is 9.83. The summed E-state index contributed by atoms with van der Waals surface area (Å²) >= 11 is 4.33. The highest BCUT2D eigenvalue weighted by molar-refractivity contribution is 9.10. The Kier molecular flexibility index (Phi) is 8.01. The lowest BCUT2D eigenvalue weighted by molar-refractivity contribution is -0.148. The van der Waals surface area contributed by atoms with Gasteiger partial charge < -0.3 is 14.2 Å². The van der Waals surface area contributed by atoms with E-state index in [1.807, 2.05) is 25.1 Å². The van der Waals surface area contributed by atoms with E-state index in [-0.39, 0.29) is 4.91 Å². The summed E-state index contributed by atoms with van der Waals surface area (Å²) in [6, 6.07) is 16.8. The molecule has 0 aliphatic carbocycles. The molecule has 1 aliphatic heterocycles. The van der Waals surface area contributed by atoms with E-state index in [1.54, 1.807) is 18.2 Å². The molecule has 1 saturated heterocycles. The van der Waals surface area contributed by atoms with Crippen LogP contribution in [0.3, 0.4) is 0 Å². The number of fused-ring (bicyclic) bond motifs is 1. The summed E-state index contributed by atoms with van der Waals surface area (Å²) < 4.78 is 17.3. The Morgan fingerprint density at radius 3 is 2.56 bits per heavy atom. The van der Waals surface area contributed by atoms with Crippen molar-refractivity contribution in [1.29, 1.82) is 0 Å². The Bertz CT molecular complexity index is 1370. The minimum absolute atomic E-state index is 0.204. The summed E-state index contributed by atoms with van der Waals surface area (Å²) in [6.45, 7) is 4.08. The van der Waals surface area contributed by atoms with Crippen LogP contribution < -0.4 is 9.47 Å². The second-order valence-electron chi connectivity index (χ2n) is 7.98. The molecule has 1 aliphatic rings. The molecular formula is C27H24BrNO6S. The molecule has 1 atom stereocenters. The van der Waals surface area contributed by atoms with Gasteiger partial charge in [-0.25, -0.2) is 4.79 Å². The first-order valence-electron chi connectivity index (χ1n) is 11.2. The van der Waals surface area contributed by atoms with Crippen molar-refractivity contribution in [3.63, 3.8) is 0 Å². The van der Waals surface area contributed by atoms with Gasteiger partial charge in [0.05, 0.1) is 23.1 Å². The number of imide groups is 1. The lowest BCUT2D eigenvalue weighted by atomic mass is 10.1. The fraction of sp³-hybridized carbons (Fsp3) is 0.222. The van der Waals surface area contributed by atoms with E-state index < -0.39 is 23.2 Å². The molecule has 186 valence electrons. The fourth-order valence-electron chi connectivity index (χ4n) is 3.80. The Morgan fingerprint density at radius 1 is 1.08 bits per heavy atom. The maximum Gasteiger partial charge on any atom is 0.328 e. The van der Waals surface area contributed by atoms with E-state index >= 15 is 0 Å². The molecule has 0 bridgehead atoms. The summed E-state index contributed by atoms with van der Waals surface area (Å²) in [5.41, 5.74) is 1.65. The molecule has 9 heteroatoms. The van der Waals surface area contributed by atoms with Gasteiger partial charge in [0, 0.05) is 0 Å². The first kappa shape index (κ1) is 25.8. The normalized spacial score (nSPS) is 15.4. The van der Waals surface area contributed by atoms with E-state index in [0.29, 0.717) is 34.7 Å². The third-order valence-electron chi connectivity index (χ3n) is 5.58. The van der Waals surface area contributed by atoms with E-state index in [2.05, 4.69) is 44.9 Å². The molecule has 4 rings (SSSR count). The third-order valence-corrected chi connectivity index (χ3v) is 7.05. The molecule has 3 aromatic carbocycles. The molecule has 2 amide bonds. The van der Waals surface area contributed by atoms with Crippen LogP contribution in [0.2, 0.25) is 0 Å². The predicted molar refractivity (Wildman–Crippen MR) is 143 cm³/mol. The van der Waals surface area contributed by atoms with Gasteiger partial charge in [-0.2, -0.15) is 0 Å². The average Bonchev–Trinajstić information content (AvgIpc) is 3.14.